The van der Waals surface area contributed by atoms with Gasteiger partial charge in [0.05, 0.1) is 10.8 Å². The Morgan fingerprint density at radius 3 is 2.50 bits per heavy atom. The predicted octanol–water partition coefficient (Wildman–Crippen LogP) is 0.382. The highest BCUT2D eigenvalue weighted by Crippen LogP contribution is 2.27. The van der Waals surface area contributed by atoms with E-state index in [2.05, 4.69) is 0 Å². The van der Waals surface area contributed by atoms with E-state index in [1.54, 1.807) is 6.07 Å². The maximum absolute atomic E-state index is 12.5. The smallest absolute Gasteiger partial charge is 0.243 e. The average Bonchev–Trinajstić information content (AvgIpc) is 2.85. The van der Waals surface area contributed by atoms with Gasteiger partial charge in [-0.15, -0.1) is 0 Å². The van der Waals surface area contributed by atoms with E-state index in [1.807, 2.05) is 13.8 Å². The fraction of sp³-hybridized carbons (Fsp3) is 0.462. The molecule has 110 valence electrons. The van der Waals surface area contributed by atoms with Gasteiger partial charge in [0.2, 0.25) is 15.9 Å². The Kier molecular flexibility index (Phi) is 3.75. The molecule has 2 rings (SSSR count). The summed E-state index contributed by atoms with van der Waals surface area (Å²) in [4.78, 5) is 11.3. The summed E-state index contributed by atoms with van der Waals surface area (Å²) < 4.78 is 26.4. The highest BCUT2D eigenvalue weighted by Gasteiger charge is 2.35. The highest BCUT2D eigenvalue weighted by atomic mass is 32.2. The van der Waals surface area contributed by atoms with Crippen molar-refractivity contribution >= 4 is 21.6 Å². The normalized spacial score (nSPS) is 20.2. The molecule has 0 bridgehead atoms. The van der Waals surface area contributed by atoms with Gasteiger partial charge in [-0.05, 0) is 43.5 Å². The lowest BCUT2D eigenvalue weighted by Gasteiger charge is -2.17. The number of anilines is 1. The summed E-state index contributed by atoms with van der Waals surface area (Å²) in [5.41, 5.74) is 13.2. The highest BCUT2D eigenvalue weighted by molar-refractivity contribution is 7.89. The zero-order valence-electron chi connectivity index (χ0n) is 11.6. The number of amides is 1. The number of rotatable bonds is 3. The van der Waals surface area contributed by atoms with E-state index >= 15 is 0 Å². The molecule has 1 fully saturated rings. The topological polar surface area (TPSA) is 106 Å². The number of hydrogen-bond donors (Lipinski definition) is 2. The fourth-order valence-corrected chi connectivity index (χ4v) is 3.95. The minimum absolute atomic E-state index is 0.143. The predicted molar refractivity (Wildman–Crippen MR) is 76.4 cm³/mol. The van der Waals surface area contributed by atoms with Gasteiger partial charge in [-0.1, -0.05) is 0 Å². The number of carbonyl (C=O) groups excluding carboxylic acids is 1. The van der Waals surface area contributed by atoms with Crippen molar-refractivity contribution in [1.29, 1.82) is 0 Å². The van der Waals surface area contributed by atoms with Crippen LogP contribution in [0.4, 0.5) is 5.69 Å². The van der Waals surface area contributed by atoms with E-state index in [-0.39, 0.29) is 11.4 Å². The first-order valence-corrected chi connectivity index (χ1v) is 7.83. The van der Waals surface area contributed by atoms with Gasteiger partial charge < -0.3 is 11.5 Å². The van der Waals surface area contributed by atoms with Crippen molar-refractivity contribution in [3.8, 4) is 0 Å². The second-order valence-electron chi connectivity index (χ2n) is 5.21. The molecule has 1 unspecified atom stereocenters. The van der Waals surface area contributed by atoms with Gasteiger partial charge in [0.1, 0.15) is 0 Å². The number of nitrogens with zero attached hydrogens (tertiary/aromatic N) is 1. The second-order valence-corrected chi connectivity index (χ2v) is 7.14. The Labute approximate surface area is 118 Å². The molecule has 1 saturated heterocycles. The van der Waals surface area contributed by atoms with Crippen LogP contribution in [-0.4, -0.2) is 31.7 Å². The van der Waals surface area contributed by atoms with Gasteiger partial charge in [0, 0.05) is 18.8 Å². The number of benzene rings is 1. The van der Waals surface area contributed by atoms with Gasteiger partial charge in [-0.25, -0.2) is 8.42 Å². The molecule has 1 aromatic rings. The lowest BCUT2D eigenvalue weighted by Crippen LogP contribution is -2.32. The maximum Gasteiger partial charge on any atom is 0.243 e. The molecule has 20 heavy (non-hydrogen) atoms. The second kappa shape index (κ2) is 5.06. The molecule has 0 spiro atoms. The van der Waals surface area contributed by atoms with Crippen LogP contribution < -0.4 is 11.5 Å². The lowest BCUT2D eigenvalue weighted by molar-refractivity contribution is -0.121. The molecule has 1 aliphatic rings. The Hall–Kier alpha value is -1.60. The summed E-state index contributed by atoms with van der Waals surface area (Å²) in [5, 5.41) is 0. The SMILES string of the molecule is Cc1cc(S(=O)(=O)N2CCC(C(N)=O)C2)cc(N)c1C. The fourth-order valence-electron chi connectivity index (χ4n) is 2.33. The van der Waals surface area contributed by atoms with Crippen molar-refractivity contribution in [1.82, 2.24) is 4.31 Å². The van der Waals surface area contributed by atoms with Crippen molar-refractivity contribution in [2.75, 3.05) is 18.8 Å². The van der Waals surface area contributed by atoms with E-state index < -0.39 is 21.8 Å². The number of sulfonamides is 1. The molecule has 7 heteroatoms. The van der Waals surface area contributed by atoms with Crippen molar-refractivity contribution in [2.24, 2.45) is 11.7 Å². The molecule has 1 amide bonds. The van der Waals surface area contributed by atoms with E-state index in [4.69, 9.17) is 11.5 Å². The van der Waals surface area contributed by atoms with Crippen LogP contribution in [0.25, 0.3) is 0 Å². The number of primary amides is 1. The summed E-state index contributed by atoms with van der Waals surface area (Å²) in [7, 11) is -3.62. The first-order valence-electron chi connectivity index (χ1n) is 6.39. The van der Waals surface area contributed by atoms with Gasteiger partial charge in [0.15, 0.2) is 0 Å². The van der Waals surface area contributed by atoms with Crippen LogP contribution in [0.3, 0.4) is 0 Å². The largest absolute Gasteiger partial charge is 0.398 e. The third-order valence-electron chi connectivity index (χ3n) is 3.87. The Morgan fingerprint density at radius 2 is 2.00 bits per heavy atom. The summed E-state index contributed by atoms with van der Waals surface area (Å²) in [6.45, 7) is 4.12. The number of carbonyl (C=O) groups is 1. The van der Waals surface area contributed by atoms with E-state index in [1.165, 1.54) is 10.4 Å². The van der Waals surface area contributed by atoms with Crippen molar-refractivity contribution in [3.63, 3.8) is 0 Å². The van der Waals surface area contributed by atoms with Crippen LogP contribution in [0, 0.1) is 19.8 Å². The molecule has 0 saturated carbocycles. The quantitative estimate of drug-likeness (QED) is 0.786. The van der Waals surface area contributed by atoms with Crippen LogP contribution in [0.5, 0.6) is 0 Å². The zero-order valence-corrected chi connectivity index (χ0v) is 12.4. The van der Waals surface area contributed by atoms with E-state index in [0.29, 0.717) is 18.7 Å². The molecule has 0 aliphatic carbocycles. The van der Waals surface area contributed by atoms with E-state index in [9.17, 15) is 13.2 Å². The van der Waals surface area contributed by atoms with Crippen LogP contribution in [0.2, 0.25) is 0 Å². The molecule has 1 aromatic carbocycles. The first kappa shape index (κ1) is 14.8. The summed E-state index contributed by atoms with van der Waals surface area (Å²) in [5.74, 6) is -0.865. The van der Waals surface area contributed by atoms with Crippen LogP contribution in [0.15, 0.2) is 17.0 Å². The lowest BCUT2D eigenvalue weighted by atomic mass is 10.1. The molecule has 1 atom stereocenters. The number of hydrogen-bond acceptors (Lipinski definition) is 4. The van der Waals surface area contributed by atoms with Crippen LogP contribution in [0.1, 0.15) is 17.5 Å². The van der Waals surface area contributed by atoms with Gasteiger partial charge in [-0.2, -0.15) is 4.31 Å². The monoisotopic (exact) mass is 297 g/mol. The summed E-state index contributed by atoms with van der Waals surface area (Å²) >= 11 is 0. The number of nitrogen functional groups attached to an aromatic ring is 1. The Bertz CT molecular complexity index is 632. The Balaban J connectivity index is 2.35. The summed E-state index contributed by atoms with van der Waals surface area (Å²) in [6, 6.07) is 3.08. The molecule has 0 radical (unpaired) electrons. The molecule has 4 N–H and O–H groups in total. The van der Waals surface area contributed by atoms with Gasteiger partial charge in [0.25, 0.3) is 0 Å². The molecule has 1 aliphatic heterocycles. The van der Waals surface area contributed by atoms with Crippen LogP contribution >= 0.6 is 0 Å². The molecular weight excluding hydrogens is 278 g/mol. The van der Waals surface area contributed by atoms with Gasteiger partial charge in [-0.3, -0.25) is 4.79 Å². The molecule has 0 aromatic heterocycles. The maximum atomic E-state index is 12.5. The number of nitrogens with two attached hydrogens (primary N) is 2. The third kappa shape index (κ3) is 2.51. The molecule has 6 nitrogen and oxygen atoms in total. The van der Waals surface area contributed by atoms with Crippen molar-refractivity contribution in [3.05, 3.63) is 23.3 Å². The molecule has 1 heterocycles. The summed E-state index contributed by atoms with van der Waals surface area (Å²) in [6.07, 6.45) is 0.467. The first-order chi connectivity index (χ1) is 9.23. The zero-order chi connectivity index (χ0) is 15.1. The van der Waals surface area contributed by atoms with Crippen LogP contribution in [-0.2, 0) is 14.8 Å². The minimum Gasteiger partial charge on any atom is -0.398 e. The Morgan fingerprint density at radius 1 is 1.35 bits per heavy atom. The van der Waals surface area contributed by atoms with Crippen molar-refractivity contribution < 1.29 is 13.2 Å². The molecular formula is C13H19N3O3S. The van der Waals surface area contributed by atoms with Crippen molar-refractivity contribution in [2.45, 2.75) is 25.2 Å². The number of aryl methyl sites for hydroxylation is 1. The average molecular weight is 297 g/mol. The standard InChI is InChI=1S/C13H19N3O3S/c1-8-5-11(6-12(14)9(8)2)20(18,19)16-4-3-10(7-16)13(15)17/h5-6,10H,3-4,7,14H2,1-2H3,(H2,15,17). The van der Waals surface area contributed by atoms with E-state index in [0.717, 1.165) is 11.1 Å². The third-order valence-corrected chi connectivity index (χ3v) is 5.72. The minimum atomic E-state index is -3.62. The van der Waals surface area contributed by atoms with Gasteiger partial charge >= 0.3 is 0 Å².